The average molecular weight is 287 g/mol. The molecular formula is C16H17NO4. The van der Waals surface area contributed by atoms with Crippen molar-refractivity contribution in [3.8, 4) is 11.5 Å². The summed E-state index contributed by atoms with van der Waals surface area (Å²) in [5.41, 5.74) is 1.53. The number of aryl methyl sites for hydroxylation is 1. The Bertz CT molecular complexity index is 623. The van der Waals surface area contributed by atoms with E-state index in [0.29, 0.717) is 11.3 Å². The Morgan fingerprint density at radius 1 is 1.14 bits per heavy atom. The van der Waals surface area contributed by atoms with Crippen LogP contribution in [0, 0.1) is 10.1 Å². The number of nitro benzene ring substituents is 1. The molecule has 5 nitrogen and oxygen atoms in total. The SMILES string of the molecule is CCCc1ccc(Oc2ccc(CO)cc2[N+](=O)[O-])cc1. The van der Waals surface area contributed by atoms with Gasteiger partial charge < -0.3 is 9.84 Å². The number of ether oxygens (including phenoxy) is 1. The van der Waals surface area contributed by atoms with E-state index >= 15 is 0 Å². The highest BCUT2D eigenvalue weighted by atomic mass is 16.6. The first kappa shape index (κ1) is 15.0. The molecule has 0 aromatic heterocycles. The molecule has 0 saturated carbocycles. The van der Waals surface area contributed by atoms with Gasteiger partial charge in [-0.2, -0.15) is 0 Å². The molecule has 0 fully saturated rings. The van der Waals surface area contributed by atoms with Crippen LogP contribution in [-0.4, -0.2) is 10.0 Å². The Morgan fingerprint density at radius 3 is 2.38 bits per heavy atom. The molecule has 0 saturated heterocycles. The van der Waals surface area contributed by atoms with Crippen molar-refractivity contribution in [3.63, 3.8) is 0 Å². The quantitative estimate of drug-likeness (QED) is 0.647. The predicted octanol–water partition coefficient (Wildman–Crippen LogP) is 3.83. The molecule has 0 aliphatic heterocycles. The van der Waals surface area contributed by atoms with Gasteiger partial charge in [-0.25, -0.2) is 0 Å². The summed E-state index contributed by atoms with van der Waals surface area (Å²) in [6, 6.07) is 11.9. The van der Waals surface area contributed by atoms with Crippen LogP contribution in [0.4, 0.5) is 5.69 Å². The van der Waals surface area contributed by atoms with E-state index in [2.05, 4.69) is 6.92 Å². The van der Waals surface area contributed by atoms with Crippen LogP contribution in [-0.2, 0) is 13.0 Å². The minimum absolute atomic E-state index is 0.154. The summed E-state index contributed by atoms with van der Waals surface area (Å²) in [4.78, 5) is 10.5. The van der Waals surface area contributed by atoms with Crippen LogP contribution >= 0.6 is 0 Å². The van der Waals surface area contributed by atoms with Gasteiger partial charge in [-0.1, -0.05) is 31.5 Å². The van der Waals surface area contributed by atoms with Crippen LogP contribution in [0.1, 0.15) is 24.5 Å². The van der Waals surface area contributed by atoms with Crippen molar-refractivity contribution in [1.29, 1.82) is 0 Å². The summed E-state index contributed by atoms with van der Waals surface area (Å²) in [6.07, 6.45) is 2.06. The third-order valence-corrected chi connectivity index (χ3v) is 3.09. The number of rotatable bonds is 6. The van der Waals surface area contributed by atoms with Crippen LogP contribution in [0.5, 0.6) is 11.5 Å². The number of aliphatic hydroxyl groups is 1. The zero-order chi connectivity index (χ0) is 15.2. The zero-order valence-corrected chi connectivity index (χ0v) is 11.8. The van der Waals surface area contributed by atoms with Crippen molar-refractivity contribution >= 4 is 5.69 Å². The van der Waals surface area contributed by atoms with E-state index in [1.165, 1.54) is 17.7 Å². The lowest BCUT2D eigenvalue weighted by Gasteiger charge is -2.08. The fraction of sp³-hybridized carbons (Fsp3) is 0.250. The van der Waals surface area contributed by atoms with E-state index < -0.39 is 4.92 Å². The second-order valence-electron chi connectivity index (χ2n) is 4.71. The molecule has 0 radical (unpaired) electrons. The van der Waals surface area contributed by atoms with Crippen LogP contribution in [0.3, 0.4) is 0 Å². The topological polar surface area (TPSA) is 72.6 Å². The molecule has 0 bridgehead atoms. The monoisotopic (exact) mass is 287 g/mol. The van der Waals surface area contributed by atoms with E-state index in [0.717, 1.165) is 12.8 Å². The Hall–Kier alpha value is -2.40. The van der Waals surface area contributed by atoms with Crippen molar-refractivity contribution < 1.29 is 14.8 Å². The van der Waals surface area contributed by atoms with Crippen LogP contribution in [0.15, 0.2) is 42.5 Å². The number of benzene rings is 2. The van der Waals surface area contributed by atoms with Gasteiger partial charge in [0.1, 0.15) is 5.75 Å². The fourth-order valence-corrected chi connectivity index (χ4v) is 2.03. The van der Waals surface area contributed by atoms with Crippen LogP contribution in [0.25, 0.3) is 0 Å². The number of hydrogen-bond acceptors (Lipinski definition) is 4. The molecule has 5 heteroatoms. The van der Waals surface area contributed by atoms with Crippen molar-refractivity contribution in [2.75, 3.05) is 0 Å². The Labute approximate surface area is 123 Å². The number of nitrogens with zero attached hydrogens (tertiary/aromatic N) is 1. The van der Waals surface area contributed by atoms with Gasteiger partial charge in [0, 0.05) is 6.07 Å². The lowest BCUT2D eigenvalue weighted by atomic mass is 10.1. The highest BCUT2D eigenvalue weighted by Gasteiger charge is 2.16. The van der Waals surface area contributed by atoms with Gasteiger partial charge in [0.25, 0.3) is 0 Å². The highest BCUT2D eigenvalue weighted by molar-refractivity contribution is 5.50. The van der Waals surface area contributed by atoms with Crippen LogP contribution in [0.2, 0.25) is 0 Å². The normalized spacial score (nSPS) is 10.4. The van der Waals surface area contributed by atoms with Gasteiger partial charge >= 0.3 is 5.69 Å². The Morgan fingerprint density at radius 2 is 1.81 bits per heavy atom. The number of hydrogen-bond donors (Lipinski definition) is 1. The maximum atomic E-state index is 11.1. The molecule has 0 amide bonds. The molecule has 0 aliphatic rings. The lowest BCUT2D eigenvalue weighted by Crippen LogP contribution is -1.95. The molecular weight excluding hydrogens is 270 g/mol. The van der Waals surface area contributed by atoms with E-state index in [1.807, 2.05) is 12.1 Å². The summed E-state index contributed by atoms with van der Waals surface area (Å²) in [7, 11) is 0. The standard InChI is InChI=1S/C16H17NO4/c1-2-3-12-4-7-14(8-5-12)21-16-9-6-13(11-18)10-15(16)17(19)20/h4-10,18H,2-3,11H2,1H3. The summed E-state index contributed by atoms with van der Waals surface area (Å²) in [5, 5.41) is 20.1. The minimum Gasteiger partial charge on any atom is -0.450 e. The second kappa shape index (κ2) is 6.85. The molecule has 0 heterocycles. The van der Waals surface area contributed by atoms with E-state index in [-0.39, 0.29) is 18.0 Å². The lowest BCUT2D eigenvalue weighted by molar-refractivity contribution is -0.385. The number of aliphatic hydroxyl groups excluding tert-OH is 1. The Balaban J connectivity index is 2.24. The molecule has 0 unspecified atom stereocenters. The van der Waals surface area contributed by atoms with Crippen molar-refractivity contribution in [2.45, 2.75) is 26.4 Å². The summed E-state index contributed by atoms with van der Waals surface area (Å²) >= 11 is 0. The minimum atomic E-state index is -0.514. The first-order valence-corrected chi connectivity index (χ1v) is 6.79. The largest absolute Gasteiger partial charge is 0.450 e. The van der Waals surface area contributed by atoms with Gasteiger partial charge in [0.15, 0.2) is 0 Å². The molecule has 2 rings (SSSR count). The molecule has 110 valence electrons. The third-order valence-electron chi connectivity index (χ3n) is 3.09. The maximum absolute atomic E-state index is 11.1. The second-order valence-corrected chi connectivity index (χ2v) is 4.71. The summed E-state index contributed by atoms with van der Waals surface area (Å²) < 4.78 is 5.58. The van der Waals surface area contributed by atoms with Crippen molar-refractivity contribution in [3.05, 3.63) is 63.7 Å². The Kier molecular flexibility index (Phi) is 4.90. The highest BCUT2D eigenvalue weighted by Crippen LogP contribution is 2.32. The van der Waals surface area contributed by atoms with Gasteiger partial charge in [-0.3, -0.25) is 10.1 Å². The molecule has 0 aliphatic carbocycles. The first-order chi connectivity index (χ1) is 10.1. The summed E-state index contributed by atoms with van der Waals surface area (Å²) in [6.45, 7) is 1.86. The maximum Gasteiger partial charge on any atom is 0.311 e. The van der Waals surface area contributed by atoms with Crippen molar-refractivity contribution in [1.82, 2.24) is 0 Å². The van der Waals surface area contributed by atoms with Crippen LogP contribution < -0.4 is 4.74 Å². The predicted molar refractivity (Wildman–Crippen MR) is 79.5 cm³/mol. The van der Waals surface area contributed by atoms with Gasteiger partial charge in [-0.05, 0) is 35.7 Å². The van der Waals surface area contributed by atoms with E-state index in [1.54, 1.807) is 18.2 Å². The molecule has 2 aromatic rings. The zero-order valence-electron chi connectivity index (χ0n) is 11.8. The third kappa shape index (κ3) is 3.79. The average Bonchev–Trinajstić information content (AvgIpc) is 2.49. The smallest absolute Gasteiger partial charge is 0.311 e. The molecule has 1 N–H and O–H groups in total. The molecule has 0 atom stereocenters. The van der Waals surface area contributed by atoms with Gasteiger partial charge in [0.2, 0.25) is 5.75 Å². The molecule has 0 spiro atoms. The van der Waals surface area contributed by atoms with Crippen molar-refractivity contribution in [2.24, 2.45) is 0 Å². The van der Waals surface area contributed by atoms with E-state index in [9.17, 15) is 10.1 Å². The van der Waals surface area contributed by atoms with Gasteiger partial charge in [0.05, 0.1) is 11.5 Å². The molecule has 21 heavy (non-hydrogen) atoms. The van der Waals surface area contributed by atoms with E-state index in [4.69, 9.17) is 9.84 Å². The first-order valence-electron chi connectivity index (χ1n) is 6.79. The fourth-order valence-electron chi connectivity index (χ4n) is 2.03. The summed E-state index contributed by atoms with van der Waals surface area (Å²) in [5.74, 6) is 0.718. The molecule has 2 aromatic carbocycles. The number of nitro groups is 1. The van der Waals surface area contributed by atoms with Gasteiger partial charge in [-0.15, -0.1) is 0 Å².